The van der Waals surface area contributed by atoms with Crippen LogP contribution in [0.2, 0.25) is 0 Å². The van der Waals surface area contributed by atoms with Crippen LogP contribution in [0, 0.1) is 52.8 Å². The van der Waals surface area contributed by atoms with E-state index in [4.69, 9.17) is 9.47 Å². The van der Waals surface area contributed by atoms with Gasteiger partial charge in [-0.25, -0.2) is 0 Å². The van der Waals surface area contributed by atoms with Crippen molar-refractivity contribution < 1.29 is 19.1 Å². The third-order valence-electron chi connectivity index (χ3n) is 10.7. The van der Waals surface area contributed by atoms with Crippen molar-refractivity contribution in [3.63, 3.8) is 0 Å². The van der Waals surface area contributed by atoms with Crippen molar-refractivity contribution in [3.8, 4) is 0 Å². The van der Waals surface area contributed by atoms with Crippen molar-refractivity contribution in [2.45, 2.75) is 123 Å². The summed E-state index contributed by atoms with van der Waals surface area (Å²) in [4.78, 5) is 26.4. The minimum Gasteiger partial charge on any atom is -0.459 e. The zero-order valence-corrected chi connectivity index (χ0v) is 22.5. The lowest BCUT2D eigenvalue weighted by atomic mass is 9.71. The second-order valence-electron chi connectivity index (χ2n) is 14.5. The van der Waals surface area contributed by atoms with Gasteiger partial charge in [-0.2, -0.15) is 0 Å². The number of carbonyl (C=O) groups is 2. The average molecular weight is 473 g/mol. The molecular weight excluding hydrogens is 424 g/mol. The molecule has 5 aliphatic carbocycles. The molecule has 9 atom stereocenters. The van der Waals surface area contributed by atoms with Crippen LogP contribution in [0.15, 0.2) is 0 Å². The Morgan fingerprint density at radius 1 is 0.941 bits per heavy atom. The van der Waals surface area contributed by atoms with E-state index >= 15 is 0 Å². The van der Waals surface area contributed by atoms with Gasteiger partial charge in [0.25, 0.3) is 0 Å². The van der Waals surface area contributed by atoms with Gasteiger partial charge in [0.15, 0.2) is 0 Å². The van der Waals surface area contributed by atoms with Gasteiger partial charge in [-0.05, 0) is 118 Å². The lowest BCUT2D eigenvalue weighted by molar-refractivity contribution is -0.169. The van der Waals surface area contributed by atoms with Crippen molar-refractivity contribution in [2.24, 2.45) is 52.8 Å². The van der Waals surface area contributed by atoms with E-state index in [9.17, 15) is 9.59 Å². The molecule has 0 amide bonds. The van der Waals surface area contributed by atoms with E-state index in [0.717, 1.165) is 50.9 Å². The first-order chi connectivity index (χ1) is 15.9. The summed E-state index contributed by atoms with van der Waals surface area (Å²) < 4.78 is 12.6. The minimum atomic E-state index is -0.341. The van der Waals surface area contributed by atoms with Gasteiger partial charge in [-0.3, -0.25) is 9.59 Å². The smallest absolute Gasteiger partial charge is 0.309 e. The molecule has 192 valence electrons. The van der Waals surface area contributed by atoms with Crippen LogP contribution < -0.4 is 0 Å². The van der Waals surface area contributed by atoms with E-state index in [1.54, 1.807) is 0 Å². The maximum Gasteiger partial charge on any atom is 0.309 e. The van der Waals surface area contributed by atoms with Gasteiger partial charge in [0.2, 0.25) is 0 Å². The fraction of sp³-hybridized carbons (Fsp3) is 0.933. The van der Waals surface area contributed by atoms with Gasteiger partial charge in [-0.1, -0.05) is 34.6 Å². The molecule has 34 heavy (non-hydrogen) atoms. The highest BCUT2D eigenvalue weighted by atomic mass is 16.6. The molecule has 5 aliphatic rings. The number of fused-ring (bicyclic) bond motifs is 9. The Bertz CT molecular complexity index is 805. The number of esters is 2. The third-order valence-corrected chi connectivity index (χ3v) is 10.7. The second kappa shape index (κ2) is 8.51. The Morgan fingerprint density at radius 2 is 1.59 bits per heavy atom. The molecule has 0 aromatic heterocycles. The maximum atomic E-state index is 13.4. The lowest BCUT2D eigenvalue weighted by Gasteiger charge is -2.39. The first-order valence-corrected chi connectivity index (χ1v) is 14.4. The molecule has 0 spiro atoms. The summed E-state index contributed by atoms with van der Waals surface area (Å²) in [6, 6.07) is 0. The number of hydrogen-bond donors (Lipinski definition) is 0. The molecule has 0 N–H and O–H groups in total. The molecule has 4 nitrogen and oxygen atoms in total. The molecule has 9 unspecified atom stereocenters. The van der Waals surface area contributed by atoms with Crippen molar-refractivity contribution in [1.29, 1.82) is 0 Å². The van der Waals surface area contributed by atoms with Gasteiger partial charge in [0.05, 0.1) is 11.8 Å². The predicted octanol–water partition coefficient (Wildman–Crippen LogP) is 6.94. The normalized spacial score (nSPS) is 42.9. The van der Waals surface area contributed by atoms with Crippen LogP contribution in [0.3, 0.4) is 0 Å². The van der Waals surface area contributed by atoms with Crippen LogP contribution in [-0.4, -0.2) is 23.1 Å². The summed E-state index contributed by atoms with van der Waals surface area (Å²) in [6.07, 6.45) is 11.8. The fourth-order valence-electron chi connectivity index (χ4n) is 9.68. The predicted molar refractivity (Wildman–Crippen MR) is 133 cm³/mol. The SMILES string of the molecule is CCC1(OC(=O)C2CC3CC2C2C4CC(CC(C)(OC(=O)C(C)CC(C)(C)C)C4)C32)CCCC1. The van der Waals surface area contributed by atoms with Crippen molar-refractivity contribution in [2.75, 3.05) is 0 Å². The first kappa shape index (κ1) is 24.6. The molecule has 0 aromatic carbocycles. The molecule has 0 aromatic rings. The number of ether oxygens (including phenoxy) is 2. The first-order valence-electron chi connectivity index (χ1n) is 14.4. The summed E-state index contributed by atoms with van der Waals surface area (Å²) in [7, 11) is 0. The van der Waals surface area contributed by atoms with Crippen molar-refractivity contribution in [1.82, 2.24) is 0 Å². The van der Waals surface area contributed by atoms with E-state index in [-0.39, 0.29) is 40.4 Å². The molecule has 0 heterocycles. The maximum absolute atomic E-state index is 13.4. The van der Waals surface area contributed by atoms with Crippen LogP contribution >= 0.6 is 0 Å². The zero-order chi connectivity index (χ0) is 24.5. The Labute approximate surface area is 207 Å². The van der Waals surface area contributed by atoms with Crippen LogP contribution in [0.25, 0.3) is 0 Å². The van der Waals surface area contributed by atoms with Crippen LogP contribution in [0.4, 0.5) is 0 Å². The average Bonchev–Trinajstić information content (AvgIpc) is 3.49. The summed E-state index contributed by atoms with van der Waals surface area (Å²) in [5.41, 5.74) is -0.396. The molecule has 0 radical (unpaired) electrons. The van der Waals surface area contributed by atoms with E-state index in [1.807, 2.05) is 6.92 Å². The Kier molecular flexibility index (Phi) is 6.16. The molecule has 4 bridgehead atoms. The topological polar surface area (TPSA) is 52.6 Å². The van der Waals surface area contributed by atoms with Gasteiger partial charge in [0.1, 0.15) is 11.2 Å². The minimum absolute atomic E-state index is 0.0188. The monoisotopic (exact) mass is 472 g/mol. The van der Waals surface area contributed by atoms with Gasteiger partial charge in [0, 0.05) is 0 Å². The van der Waals surface area contributed by atoms with E-state index in [2.05, 4.69) is 34.6 Å². The fourth-order valence-corrected chi connectivity index (χ4v) is 9.68. The number of rotatable bonds is 6. The second-order valence-corrected chi connectivity index (χ2v) is 14.5. The highest BCUT2D eigenvalue weighted by Crippen LogP contribution is 2.69. The lowest BCUT2D eigenvalue weighted by Crippen LogP contribution is -2.41. The molecular formula is C30H48O4. The number of hydrogen-bond acceptors (Lipinski definition) is 4. The molecule has 4 heteroatoms. The van der Waals surface area contributed by atoms with Gasteiger partial charge in [-0.15, -0.1) is 0 Å². The third kappa shape index (κ3) is 4.34. The standard InChI is InChI=1S/C30H48O4/c1-7-30(10-8-9-11-30)34-27(32)23-14-19-13-22(23)25-21-12-20(24(19)25)16-29(6,17-21)33-26(31)18(2)15-28(3,4)5/h18-25H,7-17H2,1-6H3. The summed E-state index contributed by atoms with van der Waals surface area (Å²) in [5, 5.41) is 0. The summed E-state index contributed by atoms with van der Waals surface area (Å²) in [6.45, 7) is 13.0. The molecule has 0 aliphatic heterocycles. The largest absolute Gasteiger partial charge is 0.459 e. The molecule has 5 fully saturated rings. The Morgan fingerprint density at radius 3 is 2.21 bits per heavy atom. The quantitative estimate of drug-likeness (QED) is 0.310. The summed E-state index contributed by atoms with van der Waals surface area (Å²) in [5.74, 6) is 3.92. The zero-order valence-electron chi connectivity index (χ0n) is 22.5. The Hall–Kier alpha value is -1.06. The van der Waals surface area contributed by atoms with E-state index < -0.39 is 0 Å². The van der Waals surface area contributed by atoms with Crippen LogP contribution in [0.1, 0.15) is 112 Å². The van der Waals surface area contributed by atoms with Crippen LogP contribution in [-0.2, 0) is 19.1 Å². The highest BCUT2D eigenvalue weighted by molar-refractivity contribution is 5.74. The van der Waals surface area contributed by atoms with Gasteiger partial charge < -0.3 is 9.47 Å². The van der Waals surface area contributed by atoms with E-state index in [1.165, 1.54) is 25.7 Å². The summed E-state index contributed by atoms with van der Waals surface area (Å²) >= 11 is 0. The van der Waals surface area contributed by atoms with E-state index in [0.29, 0.717) is 29.6 Å². The highest BCUT2D eigenvalue weighted by Gasteiger charge is 2.65. The molecule has 5 rings (SSSR count). The molecule has 5 saturated carbocycles. The number of carbonyl (C=O) groups excluding carboxylic acids is 2. The van der Waals surface area contributed by atoms with Crippen LogP contribution in [0.5, 0.6) is 0 Å². The van der Waals surface area contributed by atoms with Crippen molar-refractivity contribution in [3.05, 3.63) is 0 Å². The van der Waals surface area contributed by atoms with Crippen molar-refractivity contribution >= 4 is 11.9 Å². The Balaban J connectivity index is 1.25. The molecule has 0 saturated heterocycles. The van der Waals surface area contributed by atoms with Gasteiger partial charge >= 0.3 is 11.9 Å².